The average Bonchev–Trinajstić information content (AvgIpc) is 2.89. The number of hydrogen-bond acceptors (Lipinski definition) is 5. The lowest BCUT2D eigenvalue weighted by Crippen LogP contribution is -2.40. The summed E-state index contributed by atoms with van der Waals surface area (Å²) in [5.41, 5.74) is -0.222. The van der Waals surface area contributed by atoms with Crippen LogP contribution in [0.3, 0.4) is 0 Å². The van der Waals surface area contributed by atoms with Crippen molar-refractivity contribution in [2.75, 3.05) is 20.2 Å². The molecule has 0 saturated carbocycles. The predicted octanol–water partition coefficient (Wildman–Crippen LogP) is 3.24. The monoisotopic (exact) mass is 371 g/mol. The summed E-state index contributed by atoms with van der Waals surface area (Å²) in [4.78, 5) is 26.6. The van der Waals surface area contributed by atoms with Crippen LogP contribution in [0.5, 0.6) is 11.5 Å². The van der Waals surface area contributed by atoms with Crippen LogP contribution in [0, 0.1) is 0 Å². The van der Waals surface area contributed by atoms with Gasteiger partial charge in [-0.2, -0.15) is 8.78 Å². The van der Waals surface area contributed by atoms with E-state index in [0.717, 1.165) is 25.7 Å². The number of carbonyl (C=O) groups is 2. The molecule has 1 heterocycles. The average molecular weight is 371 g/mol. The Hall–Kier alpha value is -2.38. The summed E-state index contributed by atoms with van der Waals surface area (Å²) < 4.78 is 39.9. The second-order valence-electron chi connectivity index (χ2n) is 6.00. The van der Waals surface area contributed by atoms with Gasteiger partial charge in [0.05, 0.1) is 7.11 Å². The molecule has 1 aliphatic rings. The quantitative estimate of drug-likeness (QED) is 0.719. The number of benzene rings is 1. The van der Waals surface area contributed by atoms with Crippen LogP contribution >= 0.6 is 0 Å². The van der Waals surface area contributed by atoms with Crippen molar-refractivity contribution in [3.63, 3.8) is 0 Å². The molecule has 0 aromatic heterocycles. The Labute approximate surface area is 151 Å². The number of methoxy groups -OCH3 is 1. The Balaban J connectivity index is 2.12. The van der Waals surface area contributed by atoms with Gasteiger partial charge < -0.3 is 19.1 Å². The van der Waals surface area contributed by atoms with Gasteiger partial charge in [0, 0.05) is 13.1 Å². The van der Waals surface area contributed by atoms with E-state index < -0.39 is 24.4 Å². The third-order valence-electron chi connectivity index (χ3n) is 4.17. The number of ether oxygens (including phenoxy) is 3. The summed E-state index contributed by atoms with van der Waals surface area (Å²) in [5.74, 6) is -1.65. The SMILES string of the molecule is COc1cccc(C(=O)OC(C)C(=O)N2CCCCCC2)c1OC(F)F. The number of nitrogens with zero attached hydrogens (tertiary/aromatic N) is 1. The lowest BCUT2D eigenvalue weighted by Gasteiger charge is -2.24. The van der Waals surface area contributed by atoms with Gasteiger partial charge in [-0.3, -0.25) is 4.79 Å². The molecule has 144 valence electrons. The molecule has 0 spiro atoms. The Morgan fingerprint density at radius 3 is 2.35 bits per heavy atom. The fraction of sp³-hybridized carbons (Fsp3) is 0.556. The molecular formula is C18H23F2NO5. The van der Waals surface area contributed by atoms with Crippen molar-refractivity contribution in [2.45, 2.75) is 45.3 Å². The number of hydrogen-bond donors (Lipinski definition) is 0. The summed E-state index contributed by atoms with van der Waals surface area (Å²) in [6.07, 6.45) is 2.93. The maximum absolute atomic E-state index is 12.7. The second-order valence-corrected chi connectivity index (χ2v) is 6.00. The van der Waals surface area contributed by atoms with Gasteiger partial charge in [0.25, 0.3) is 5.91 Å². The third kappa shape index (κ3) is 5.06. The summed E-state index contributed by atoms with van der Waals surface area (Å²) in [6.45, 7) is -0.410. The van der Waals surface area contributed by atoms with E-state index in [-0.39, 0.29) is 17.2 Å². The second kappa shape index (κ2) is 9.35. The first-order valence-corrected chi connectivity index (χ1v) is 8.55. The van der Waals surface area contributed by atoms with Gasteiger partial charge in [-0.15, -0.1) is 0 Å². The Morgan fingerprint density at radius 1 is 1.12 bits per heavy atom. The van der Waals surface area contributed by atoms with E-state index in [0.29, 0.717) is 13.1 Å². The number of amides is 1. The van der Waals surface area contributed by atoms with Gasteiger partial charge >= 0.3 is 12.6 Å². The predicted molar refractivity (Wildman–Crippen MR) is 89.6 cm³/mol. The molecule has 2 rings (SSSR count). The van der Waals surface area contributed by atoms with Crippen LogP contribution in [0.4, 0.5) is 8.78 Å². The smallest absolute Gasteiger partial charge is 0.387 e. The molecule has 8 heteroatoms. The topological polar surface area (TPSA) is 65.1 Å². The van der Waals surface area contributed by atoms with Crippen molar-refractivity contribution < 1.29 is 32.6 Å². The Bertz CT molecular complexity index is 630. The van der Waals surface area contributed by atoms with E-state index in [4.69, 9.17) is 9.47 Å². The fourth-order valence-electron chi connectivity index (χ4n) is 2.87. The molecule has 0 bridgehead atoms. The lowest BCUT2D eigenvalue weighted by atomic mass is 10.2. The molecule has 1 saturated heterocycles. The van der Waals surface area contributed by atoms with Crippen LogP contribution in [-0.2, 0) is 9.53 Å². The van der Waals surface area contributed by atoms with Crippen LogP contribution < -0.4 is 9.47 Å². The highest BCUT2D eigenvalue weighted by Gasteiger charge is 2.27. The molecule has 1 aliphatic heterocycles. The van der Waals surface area contributed by atoms with E-state index in [9.17, 15) is 18.4 Å². The maximum atomic E-state index is 12.7. The minimum absolute atomic E-state index is 0.0220. The number of alkyl halides is 2. The minimum atomic E-state index is -3.13. The highest BCUT2D eigenvalue weighted by atomic mass is 19.3. The van der Waals surface area contributed by atoms with E-state index >= 15 is 0 Å². The van der Waals surface area contributed by atoms with Crippen molar-refractivity contribution in [1.29, 1.82) is 0 Å². The van der Waals surface area contributed by atoms with Crippen molar-refractivity contribution in [3.05, 3.63) is 23.8 Å². The molecule has 1 aromatic carbocycles. The number of likely N-dealkylation sites (tertiary alicyclic amines) is 1. The highest BCUT2D eigenvalue weighted by molar-refractivity contribution is 5.95. The summed E-state index contributed by atoms with van der Waals surface area (Å²) in [6, 6.07) is 4.13. The van der Waals surface area contributed by atoms with Gasteiger partial charge in [0.1, 0.15) is 5.56 Å². The van der Waals surface area contributed by atoms with E-state index in [1.54, 1.807) is 4.90 Å². The van der Waals surface area contributed by atoms with E-state index in [2.05, 4.69) is 4.74 Å². The van der Waals surface area contributed by atoms with E-state index in [1.165, 1.54) is 32.2 Å². The number of esters is 1. The molecule has 1 atom stereocenters. The molecule has 6 nitrogen and oxygen atoms in total. The van der Waals surface area contributed by atoms with Crippen molar-refractivity contribution in [3.8, 4) is 11.5 Å². The number of carbonyl (C=O) groups excluding carboxylic acids is 2. The Morgan fingerprint density at radius 2 is 1.77 bits per heavy atom. The van der Waals surface area contributed by atoms with Gasteiger partial charge in [-0.1, -0.05) is 18.9 Å². The minimum Gasteiger partial charge on any atom is -0.493 e. The molecule has 1 fully saturated rings. The summed E-state index contributed by atoms with van der Waals surface area (Å²) >= 11 is 0. The summed E-state index contributed by atoms with van der Waals surface area (Å²) in [7, 11) is 1.27. The standard InChI is InChI=1S/C18H23F2NO5/c1-12(16(22)21-10-5-3-4-6-11-21)25-17(23)13-8-7-9-14(24-2)15(13)26-18(19)20/h7-9,12,18H,3-6,10-11H2,1-2H3. The third-order valence-corrected chi connectivity index (χ3v) is 4.17. The largest absolute Gasteiger partial charge is 0.493 e. The van der Waals surface area contributed by atoms with Gasteiger partial charge in [-0.25, -0.2) is 4.79 Å². The molecular weight excluding hydrogens is 348 g/mol. The number of para-hydroxylation sites is 1. The molecule has 26 heavy (non-hydrogen) atoms. The molecule has 0 aliphatic carbocycles. The van der Waals surface area contributed by atoms with Crippen LogP contribution in [-0.4, -0.2) is 49.7 Å². The van der Waals surface area contributed by atoms with Gasteiger partial charge in [-0.05, 0) is 31.9 Å². The number of rotatable bonds is 6. The number of halogens is 2. The molecule has 1 aromatic rings. The first kappa shape index (κ1) is 19.9. The molecule has 1 amide bonds. The molecule has 0 radical (unpaired) electrons. The normalized spacial score (nSPS) is 16.0. The van der Waals surface area contributed by atoms with Gasteiger partial charge in [0.15, 0.2) is 17.6 Å². The molecule has 0 N–H and O–H groups in total. The fourth-order valence-corrected chi connectivity index (χ4v) is 2.87. The zero-order valence-corrected chi connectivity index (χ0v) is 14.9. The van der Waals surface area contributed by atoms with Gasteiger partial charge in [0.2, 0.25) is 0 Å². The first-order chi connectivity index (χ1) is 12.4. The Kier molecular flexibility index (Phi) is 7.17. The summed E-state index contributed by atoms with van der Waals surface area (Å²) in [5, 5.41) is 0. The zero-order chi connectivity index (χ0) is 19.1. The first-order valence-electron chi connectivity index (χ1n) is 8.55. The van der Waals surface area contributed by atoms with Crippen LogP contribution in [0.2, 0.25) is 0 Å². The van der Waals surface area contributed by atoms with Crippen molar-refractivity contribution >= 4 is 11.9 Å². The van der Waals surface area contributed by atoms with Crippen LogP contribution in [0.15, 0.2) is 18.2 Å². The van der Waals surface area contributed by atoms with Crippen LogP contribution in [0.1, 0.15) is 43.0 Å². The molecule has 1 unspecified atom stereocenters. The van der Waals surface area contributed by atoms with Crippen molar-refractivity contribution in [2.24, 2.45) is 0 Å². The van der Waals surface area contributed by atoms with Crippen molar-refractivity contribution in [1.82, 2.24) is 4.90 Å². The van der Waals surface area contributed by atoms with E-state index in [1.807, 2.05) is 0 Å². The zero-order valence-electron chi connectivity index (χ0n) is 14.9. The highest BCUT2D eigenvalue weighted by Crippen LogP contribution is 2.33. The van der Waals surface area contributed by atoms with Crippen LogP contribution in [0.25, 0.3) is 0 Å². The maximum Gasteiger partial charge on any atom is 0.387 e. The lowest BCUT2D eigenvalue weighted by molar-refractivity contribution is -0.139.